The van der Waals surface area contributed by atoms with Gasteiger partial charge in [-0.2, -0.15) is 0 Å². The van der Waals surface area contributed by atoms with E-state index in [0.29, 0.717) is 24.1 Å². The lowest BCUT2D eigenvalue weighted by Gasteiger charge is -2.06. The van der Waals surface area contributed by atoms with Crippen molar-refractivity contribution in [2.75, 3.05) is 5.32 Å². The Labute approximate surface area is 140 Å². The maximum atomic E-state index is 13.5. The normalized spacial score (nSPS) is 10.6. The van der Waals surface area contributed by atoms with Crippen LogP contribution in [0.2, 0.25) is 0 Å². The summed E-state index contributed by atoms with van der Waals surface area (Å²) in [5, 5.41) is 2.73. The zero-order chi connectivity index (χ0) is 16.9. The summed E-state index contributed by atoms with van der Waals surface area (Å²) in [5.74, 6) is -0.446. The Hall–Kier alpha value is -2.88. The quantitative estimate of drug-likeness (QED) is 0.702. The summed E-state index contributed by atoms with van der Waals surface area (Å²) in [5.41, 5.74) is 4.20. The number of anilines is 1. The number of hydrogen-bond acceptors (Lipinski definition) is 1. The fourth-order valence-corrected chi connectivity index (χ4v) is 2.51. The molecule has 0 unspecified atom stereocenters. The molecule has 0 atom stereocenters. The van der Waals surface area contributed by atoms with Gasteiger partial charge in [-0.15, -0.1) is 0 Å². The molecule has 2 aromatic carbocycles. The molecule has 0 saturated heterocycles. The van der Waals surface area contributed by atoms with Crippen LogP contribution in [0.5, 0.6) is 0 Å². The molecule has 0 aliphatic heterocycles. The van der Waals surface area contributed by atoms with Gasteiger partial charge in [-0.3, -0.25) is 4.79 Å². The van der Waals surface area contributed by atoms with E-state index in [4.69, 9.17) is 0 Å². The fraction of sp³-hybridized carbons (Fsp3) is 0.150. The second-order valence-corrected chi connectivity index (χ2v) is 5.78. The van der Waals surface area contributed by atoms with E-state index in [2.05, 4.69) is 10.3 Å². The lowest BCUT2D eigenvalue weighted by atomic mass is 10.2. The Balaban J connectivity index is 1.56. The number of carbonyl (C=O) groups is 1. The topological polar surface area (TPSA) is 44.9 Å². The number of hydrogen-bond donors (Lipinski definition) is 2. The Bertz CT molecular complexity index is 840. The number of amides is 1. The van der Waals surface area contributed by atoms with Gasteiger partial charge in [0.1, 0.15) is 5.82 Å². The van der Waals surface area contributed by atoms with Crippen molar-refractivity contribution in [3.05, 3.63) is 77.7 Å². The number of rotatable bonds is 5. The SMILES string of the molecule is Cc1ccc(NC(=O)CCc2ccc(-c3ccccc3)[nH]2)cc1F. The number of carbonyl (C=O) groups excluding carboxylic acids is 1. The second kappa shape index (κ2) is 7.13. The van der Waals surface area contributed by atoms with Crippen LogP contribution in [0.4, 0.5) is 10.1 Å². The number of aryl methyl sites for hydroxylation is 2. The summed E-state index contributed by atoms with van der Waals surface area (Å²) >= 11 is 0. The summed E-state index contributed by atoms with van der Waals surface area (Å²) in [6.45, 7) is 1.69. The van der Waals surface area contributed by atoms with E-state index in [1.54, 1.807) is 19.1 Å². The molecule has 1 aromatic heterocycles. The van der Waals surface area contributed by atoms with Crippen LogP contribution in [0.25, 0.3) is 11.3 Å². The summed E-state index contributed by atoms with van der Waals surface area (Å²) < 4.78 is 13.5. The first kappa shape index (κ1) is 16.0. The van der Waals surface area contributed by atoms with E-state index in [9.17, 15) is 9.18 Å². The molecule has 3 aromatic rings. The molecule has 0 bridgehead atoms. The molecule has 122 valence electrons. The van der Waals surface area contributed by atoms with Gasteiger partial charge in [-0.05, 0) is 48.7 Å². The molecule has 0 aliphatic carbocycles. The molecule has 3 rings (SSSR count). The number of nitrogens with one attached hydrogen (secondary N) is 2. The summed E-state index contributed by atoms with van der Waals surface area (Å²) in [7, 11) is 0. The molecular formula is C20H19FN2O. The highest BCUT2D eigenvalue weighted by Crippen LogP contribution is 2.19. The Morgan fingerprint density at radius 2 is 1.88 bits per heavy atom. The number of H-pyrrole nitrogens is 1. The molecule has 0 aliphatic rings. The first-order chi connectivity index (χ1) is 11.6. The van der Waals surface area contributed by atoms with Gasteiger partial charge in [-0.1, -0.05) is 36.4 Å². The maximum Gasteiger partial charge on any atom is 0.224 e. The van der Waals surface area contributed by atoms with Crippen molar-refractivity contribution < 1.29 is 9.18 Å². The van der Waals surface area contributed by atoms with Gasteiger partial charge in [0, 0.05) is 23.5 Å². The van der Waals surface area contributed by atoms with Gasteiger partial charge in [0.15, 0.2) is 0 Å². The van der Waals surface area contributed by atoms with Crippen molar-refractivity contribution in [3.8, 4) is 11.3 Å². The van der Waals surface area contributed by atoms with Crippen LogP contribution in [0.1, 0.15) is 17.7 Å². The number of aromatic amines is 1. The minimum absolute atomic E-state index is 0.130. The van der Waals surface area contributed by atoms with Crippen LogP contribution in [0.15, 0.2) is 60.7 Å². The summed E-state index contributed by atoms with van der Waals surface area (Å²) in [6.07, 6.45) is 0.942. The van der Waals surface area contributed by atoms with Gasteiger partial charge in [-0.25, -0.2) is 4.39 Å². The number of aromatic nitrogens is 1. The van der Waals surface area contributed by atoms with E-state index >= 15 is 0 Å². The molecule has 0 saturated carbocycles. The highest BCUT2D eigenvalue weighted by atomic mass is 19.1. The molecule has 1 amide bonds. The van der Waals surface area contributed by atoms with Gasteiger partial charge >= 0.3 is 0 Å². The fourth-order valence-electron chi connectivity index (χ4n) is 2.51. The smallest absolute Gasteiger partial charge is 0.224 e. The predicted octanol–water partition coefficient (Wildman–Crippen LogP) is 4.70. The largest absolute Gasteiger partial charge is 0.358 e. The molecular weight excluding hydrogens is 303 g/mol. The Kier molecular flexibility index (Phi) is 4.75. The summed E-state index contributed by atoms with van der Waals surface area (Å²) in [4.78, 5) is 15.3. The van der Waals surface area contributed by atoms with Crippen LogP contribution in [0, 0.1) is 12.7 Å². The van der Waals surface area contributed by atoms with Gasteiger partial charge in [0.05, 0.1) is 0 Å². The van der Waals surface area contributed by atoms with Crippen molar-refractivity contribution in [3.63, 3.8) is 0 Å². The van der Waals surface area contributed by atoms with Crippen LogP contribution in [0.3, 0.4) is 0 Å². The average Bonchev–Trinajstić information content (AvgIpc) is 3.06. The monoisotopic (exact) mass is 322 g/mol. The van der Waals surface area contributed by atoms with Crippen LogP contribution in [-0.4, -0.2) is 10.9 Å². The van der Waals surface area contributed by atoms with E-state index in [-0.39, 0.29) is 11.7 Å². The highest BCUT2D eigenvalue weighted by Gasteiger charge is 2.07. The van der Waals surface area contributed by atoms with E-state index in [0.717, 1.165) is 17.0 Å². The third kappa shape index (κ3) is 3.90. The van der Waals surface area contributed by atoms with Crippen LogP contribution in [-0.2, 0) is 11.2 Å². The average molecular weight is 322 g/mol. The molecule has 24 heavy (non-hydrogen) atoms. The number of halogens is 1. The Morgan fingerprint density at radius 1 is 1.08 bits per heavy atom. The van der Waals surface area contributed by atoms with Gasteiger partial charge < -0.3 is 10.3 Å². The van der Waals surface area contributed by atoms with Crippen molar-refractivity contribution in [2.24, 2.45) is 0 Å². The zero-order valence-corrected chi connectivity index (χ0v) is 13.5. The molecule has 1 heterocycles. The third-order valence-corrected chi connectivity index (χ3v) is 3.91. The highest BCUT2D eigenvalue weighted by molar-refractivity contribution is 5.90. The van der Waals surface area contributed by atoms with Crippen LogP contribution < -0.4 is 5.32 Å². The first-order valence-electron chi connectivity index (χ1n) is 7.91. The Morgan fingerprint density at radius 3 is 2.62 bits per heavy atom. The van der Waals surface area contributed by atoms with E-state index < -0.39 is 0 Å². The van der Waals surface area contributed by atoms with E-state index in [1.807, 2.05) is 42.5 Å². The summed E-state index contributed by atoms with van der Waals surface area (Å²) in [6, 6.07) is 18.7. The second-order valence-electron chi connectivity index (χ2n) is 5.78. The molecule has 3 nitrogen and oxygen atoms in total. The maximum absolute atomic E-state index is 13.5. The lowest BCUT2D eigenvalue weighted by Crippen LogP contribution is -2.12. The molecule has 0 radical (unpaired) electrons. The van der Waals surface area contributed by atoms with Crippen molar-refractivity contribution in [1.82, 2.24) is 4.98 Å². The molecule has 4 heteroatoms. The first-order valence-corrected chi connectivity index (χ1v) is 7.91. The third-order valence-electron chi connectivity index (χ3n) is 3.91. The van der Waals surface area contributed by atoms with Crippen molar-refractivity contribution in [1.29, 1.82) is 0 Å². The lowest BCUT2D eigenvalue weighted by molar-refractivity contribution is -0.116. The minimum atomic E-state index is -0.315. The molecule has 0 fully saturated rings. The standard InChI is InChI=1S/C20H19FN2O/c1-14-7-8-17(13-18(14)21)23-20(24)12-10-16-9-11-19(22-16)15-5-3-2-4-6-15/h2-9,11,13,22H,10,12H2,1H3,(H,23,24). The van der Waals surface area contributed by atoms with Crippen molar-refractivity contribution in [2.45, 2.75) is 19.8 Å². The number of benzene rings is 2. The molecule has 0 spiro atoms. The van der Waals surface area contributed by atoms with Gasteiger partial charge in [0.2, 0.25) is 5.91 Å². The minimum Gasteiger partial charge on any atom is -0.358 e. The van der Waals surface area contributed by atoms with Crippen molar-refractivity contribution >= 4 is 11.6 Å². The van der Waals surface area contributed by atoms with E-state index in [1.165, 1.54) is 6.07 Å². The zero-order valence-electron chi connectivity index (χ0n) is 13.5. The van der Waals surface area contributed by atoms with Gasteiger partial charge in [0.25, 0.3) is 0 Å². The molecule has 2 N–H and O–H groups in total. The predicted molar refractivity (Wildman–Crippen MR) is 94.3 cm³/mol. The van der Waals surface area contributed by atoms with Crippen LogP contribution >= 0.6 is 0 Å².